The van der Waals surface area contributed by atoms with Crippen molar-refractivity contribution in [1.29, 1.82) is 0 Å². The van der Waals surface area contributed by atoms with E-state index in [1.54, 1.807) is 12.4 Å². The van der Waals surface area contributed by atoms with Crippen molar-refractivity contribution in [2.75, 3.05) is 23.7 Å². The third-order valence-corrected chi connectivity index (χ3v) is 3.26. The van der Waals surface area contributed by atoms with Crippen molar-refractivity contribution >= 4 is 11.6 Å². The molecule has 0 saturated carbocycles. The number of hydrogen-bond donors (Lipinski definition) is 2. The second-order valence-corrected chi connectivity index (χ2v) is 5.86. The first kappa shape index (κ1) is 14.7. The molecule has 0 aliphatic rings. The first-order valence-electron chi connectivity index (χ1n) is 6.73. The second-order valence-electron chi connectivity index (χ2n) is 5.86. The Morgan fingerprint density at radius 3 is 2.33 bits per heavy atom. The summed E-state index contributed by atoms with van der Waals surface area (Å²) in [6, 6.07) is 0. The van der Waals surface area contributed by atoms with Gasteiger partial charge in [0.1, 0.15) is 11.6 Å². The molecule has 0 fully saturated rings. The fourth-order valence-corrected chi connectivity index (χ4v) is 1.35. The smallest absolute Gasteiger partial charge is 0.146 e. The van der Waals surface area contributed by atoms with E-state index in [-0.39, 0.29) is 0 Å². The zero-order chi connectivity index (χ0) is 13.6. The van der Waals surface area contributed by atoms with Crippen molar-refractivity contribution in [3.8, 4) is 0 Å². The highest BCUT2D eigenvalue weighted by molar-refractivity contribution is 5.41. The third-order valence-electron chi connectivity index (χ3n) is 3.26. The van der Waals surface area contributed by atoms with Gasteiger partial charge in [-0.25, -0.2) is 4.98 Å². The molecule has 1 aromatic heterocycles. The lowest BCUT2D eigenvalue weighted by Crippen LogP contribution is -2.25. The lowest BCUT2D eigenvalue weighted by molar-refractivity contribution is 0.274. The van der Waals surface area contributed by atoms with Crippen LogP contribution >= 0.6 is 0 Å². The molecule has 1 heterocycles. The molecule has 0 spiro atoms. The van der Waals surface area contributed by atoms with Crippen LogP contribution in [-0.4, -0.2) is 23.1 Å². The summed E-state index contributed by atoms with van der Waals surface area (Å²) in [5.74, 6) is 2.25. The van der Waals surface area contributed by atoms with Gasteiger partial charge in [-0.1, -0.05) is 34.6 Å². The molecule has 1 unspecified atom stereocenters. The van der Waals surface area contributed by atoms with Gasteiger partial charge in [0.05, 0.1) is 12.4 Å². The van der Waals surface area contributed by atoms with Crippen molar-refractivity contribution in [3.05, 3.63) is 12.4 Å². The van der Waals surface area contributed by atoms with E-state index in [1.807, 2.05) is 0 Å². The first-order chi connectivity index (χ1) is 8.43. The highest BCUT2D eigenvalue weighted by Gasteiger charge is 2.19. The molecule has 18 heavy (non-hydrogen) atoms. The van der Waals surface area contributed by atoms with Gasteiger partial charge in [-0.05, 0) is 17.8 Å². The first-order valence-corrected chi connectivity index (χ1v) is 6.73. The van der Waals surface area contributed by atoms with E-state index in [4.69, 9.17) is 0 Å². The van der Waals surface area contributed by atoms with Gasteiger partial charge in [0.15, 0.2) is 0 Å². The number of rotatable bonds is 6. The van der Waals surface area contributed by atoms with Gasteiger partial charge in [0.2, 0.25) is 0 Å². The lowest BCUT2D eigenvalue weighted by atomic mass is 9.82. The Kier molecular flexibility index (Phi) is 5.38. The summed E-state index contributed by atoms with van der Waals surface area (Å²) in [7, 11) is 0. The van der Waals surface area contributed by atoms with E-state index in [2.05, 4.69) is 55.2 Å². The minimum atomic E-state index is 0.304. The number of aromatic nitrogens is 2. The molecule has 0 radical (unpaired) electrons. The molecular formula is C14H26N4. The molecule has 0 aliphatic heterocycles. The van der Waals surface area contributed by atoms with Gasteiger partial charge in [-0.15, -0.1) is 0 Å². The predicted octanol–water partition coefficient (Wildman–Crippen LogP) is 3.39. The topological polar surface area (TPSA) is 49.8 Å². The van der Waals surface area contributed by atoms with Crippen LogP contribution in [0.15, 0.2) is 12.4 Å². The Bertz CT molecular complexity index is 357. The van der Waals surface area contributed by atoms with Crippen molar-refractivity contribution in [2.24, 2.45) is 11.3 Å². The number of nitrogens with zero attached hydrogens (tertiary/aromatic N) is 2. The molecule has 102 valence electrons. The predicted molar refractivity (Wildman–Crippen MR) is 77.9 cm³/mol. The minimum absolute atomic E-state index is 0.304. The summed E-state index contributed by atoms with van der Waals surface area (Å²) in [6.07, 6.45) is 4.61. The van der Waals surface area contributed by atoms with E-state index in [9.17, 15) is 0 Å². The van der Waals surface area contributed by atoms with Crippen LogP contribution in [0.1, 0.15) is 41.0 Å². The fraction of sp³-hybridized carbons (Fsp3) is 0.714. The Morgan fingerprint density at radius 1 is 1.17 bits per heavy atom. The fourth-order valence-electron chi connectivity index (χ4n) is 1.35. The van der Waals surface area contributed by atoms with Gasteiger partial charge < -0.3 is 10.6 Å². The van der Waals surface area contributed by atoms with Crippen molar-refractivity contribution < 1.29 is 0 Å². The molecule has 0 aliphatic carbocycles. The van der Waals surface area contributed by atoms with Crippen LogP contribution in [0.25, 0.3) is 0 Å². The summed E-state index contributed by atoms with van der Waals surface area (Å²) in [4.78, 5) is 8.67. The summed E-state index contributed by atoms with van der Waals surface area (Å²) >= 11 is 0. The molecule has 1 aromatic rings. The molecule has 0 amide bonds. The van der Waals surface area contributed by atoms with Crippen LogP contribution in [0.5, 0.6) is 0 Å². The third kappa shape index (κ3) is 4.90. The van der Waals surface area contributed by atoms with Crippen LogP contribution in [0.3, 0.4) is 0 Å². The summed E-state index contributed by atoms with van der Waals surface area (Å²) in [5.41, 5.74) is 0.304. The molecule has 4 heteroatoms. The highest BCUT2D eigenvalue weighted by Crippen LogP contribution is 2.25. The average Bonchev–Trinajstić information content (AvgIpc) is 2.32. The second kappa shape index (κ2) is 6.57. The van der Waals surface area contributed by atoms with E-state index >= 15 is 0 Å². The monoisotopic (exact) mass is 250 g/mol. The van der Waals surface area contributed by atoms with Gasteiger partial charge in [0.25, 0.3) is 0 Å². The van der Waals surface area contributed by atoms with Gasteiger partial charge >= 0.3 is 0 Å². The van der Waals surface area contributed by atoms with Gasteiger partial charge in [-0.2, -0.15) is 0 Å². The molecule has 4 nitrogen and oxygen atoms in total. The summed E-state index contributed by atoms with van der Waals surface area (Å²) in [5, 5.41) is 6.59. The quantitative estimate of drug-likeness (QED) is 0.812. The zero-order valence-corrected chi connectivity index (χ0v) is 12.2. The Hall–Kier alpha value is -1.32. The average molecular weight is 250 g/mol. The van der Waals surface area contributed by atoms with Crippen LogP contribution in [0.4, 0.5) is 11.6 Å². The van der Waals surface area contributed by atoms with Crippen molar-refractivity contribution in [1.82, 2.24) is 9.97 Å². The molecule has 1 rings (SSSR count). The SMILES string of the molecule is CCCNc1cncc(NCC(C)C(C)(C)C)n1. The standard InChI is InChI=1S/C14H26N4/c1-6-7-16-12-9-15-10-13(18-12)17-8-11(2)14(3,4)5/h9-11H,6-8H2,1-5H3,(H2,16,17,18). The minimum Gasteiger partial charge on any atom is -0.369 e. The van der Waals surface area contributed by atoms with Crippen molar-refractivity contribution in [2.45, 2.75) is 41.0 Å². The Labute approximate surface area is 111 Å². The molecule has 1 atom stereocenters. The van der Waals surface area contributed by atoms with Gasteiger partial charge in [-0.3, -0.25) is 4.98 Å². The summed E-state index contributed by atoms with van der Waals surface area (Å²) in [6.45, 7) is 13.0. The molecule has 0 bridgehead atoms. The Morgan fingerprint density at radius 2 is 1.78 bits per heavy atom. The van der Waals surface area contributed by atoms with Crippen LogP contribution in [0.2, 0.25) is 0 Å². The van der Waals surface area contributed by atoms with Crippen LogP contribution < -0.4 is 10.6 Å². The number of anilines is 2. The maximum Gasteiger partial charge on any atom is 0.146 e. The van der Waals surface area contributed by atoms with Crippen LogP contribution in [-0.2, 0) is 0 Å². The van der Waals surface area contributed by atoms with E-state index in [0.29, 0.717) is 11.3 Å². The van der Waals surface area contributed by atoms with E-state index in [0.717, 1.165) is 31.1 Å². The molecule has 2 N–H and O–H groups in total. The van der Waals surface area contributed by atoms with E-state index < -0.39 is 0 Å². The highest BCUT2D eigenvalue weighted by atomic mass is 15.1. The number of nitrogens with one attached hydrogen (secondary N) is 2. The molecular weight excluding hydrogens is 224 g/mol. The van der Waals surface area contributed by atoms with E-state index in [1.165, 1.54) is 0 Å². The zero-order valence-electron chi connectivity index (χ0n) is 12.2. The molecule has 0 saturated heterocycles. The Balaban J connectivity index is 2.52. The van der Waals surface area contributed by atoms with Gasteiger partial charge in [0, 0.05) is 13.1 Å². The largest absolute Gasteiger partial charge is 0.369 e. The van der Waals surface area contributed by atoms with Crippen LogP contribution in [0, 0.1) is 11.3 Å². The maximum absolute atomic E-state index is 4.48. The number of hydrogen-bond acceptors (Lipinski definition) is 4. The molecule has 0 aromatic carbocycles. The summed E-state index contributed by atoms with van der Waals surface area (Å²) < 4.78 is 0. The van der Waals surface area contributed by atoms with Crippen molar-refractivity contribution in [3.63, 3.8) is 0 Å². The lowest BCUT2D eigenvalue weighted by Gasteiger charge is -2.27. The normalized spacial score (nSPS) is 13.2. The maximum atomic E-state index is 4.48.